The highest BCUT2D eigenvalue weighted by Crippen LogP contribution is 2.29. The average molecular weight is 351 g/mol. The lowest BCUT2D eigenvalue weighted by molar-refractivity contribution is 0.385. The first-order valence-electron chi connectivity index (χ1n) is 7.76. The van der Waals surface area contributed by atoms with Crippen molar-refractivity contribution in [2.45, 2.75) is 25.0 Å². The Labute approximate surface area is 142 Å². The molecule has 3 rings (SSSR count). The Kier molecular flexibility index (Phi) is 4.49. The third-order valence-corrected chi connectivity index (χ3v) is 7.55. The molecule has 0 spiro atoms. The summed E-state index contributed by atoms with van der Waals surface area (Å²) >= 11 is 1.28. The number of anilines is 1. The second-order valence-electron chi connectivity index (χ2n) is 6.07. The fourth-order valence-electron chi connectivity index (χ4n) is 3.36. The van der Waals surface area contributed by atoms with Crippen molar-refractivity contribution in [3.05, 3.63) is 46.3 Å². The Balaban J connectivity index is 1.77. The minimum atomic E-state index is -3.33. The van der Waals surface area contributed by atoms with E-state index in [1.807, 2.05) is 5.38 Å². The maximum absolute atomic E-state index is 12.6. The molecule has 0 amide bonds. The second kappa shape index (κ2) is 6.26. The monoisotopic (exact) mass is 350 g/mol. The van der Waals surface area contributed by atoms with Gasteiger partial charge in [-0.15, -0.1) is 11.3 Å². The van der Waals surface area contributed by atoms with Crippen molar-refractivity contribution in [1.29, 1.82) is 0 Å². The van der Waals surface area contributed by atoms with Gasteiger partial charge in [-0.25, -0.2) is 8.42 Å². The molecule has 1 saturated heterocycles. The van der Waals surface area contributed by atoms with E-state index in [-0.39, 0.29) is 0 Å². The van der Waals surface area contributed by atoms with E-state index < -0.39 is 10.0 Å². The molecule has 0 saturated carbocycles. The Hall–Kier alpha value is -1.37. The lowest BCUT2D eigenvalue weighted by Crippen LogP contribution is -2.48. The van der Waals surface area contributed by atoms with Crippen LogP contribution >= 0.6 is 11.3 Å². The molecule has 23 heavy (non-hydrogen) atoms. The first kappa shape index (κ1) is 16.5. The summed E-state index contributed by atoms with van der Waals surface area (Å²) in [5, 5.41) is 1.81. The van der Waals surface area contributed by atoms with Crippen LogP contribution in [0.5, 0.6) is 0 Å². The van der Waals surface area contributed by atoms with Gasteiger partial charge in [0.05, 0.1) is 0 Å². The predicted molar refractivity (Wildman–Crippen MR) is 95.9 cm³/mol. The van der Waals surface area contributed by atoms with Crippen molar-refractivity contribution < 1.29 is 8.42 Å². The molecular formula is C17H22N2O2S2. The van der Waals surface area contributed by atoms with E-state index in [0.717, 1.165) is 13.1 Å². The van der Waals surface area contributed by atoms with Crippen LogP contribution in [0.15, 0.2) is 33.9 Å². The third-order valence-electron chi connectivity index (χ3n) is 4.28. The molecule has 1 aromatic carbocycles. The van der Waals surface area contributed by atoms with Gasteiger partial charge < -0.3 is 4.90 Å². The minimum absolute atomic E-state index is 0.439. The van der Waals surface area contributed by atoms with Crippen LogP contribution in [0.1, 0.15) is 16.7 Å². The maximum Gasteiger partial charge on any atom is 0.252 e. The number of hydrogen-bond acceptors (Lipinski definition) is 4. The number of nitrogens with zero attached hydrogens (tertiary/aromatic N) is 2. The largest absolute Gasteiger partial charge is 0.368 e. The van der Waals surface area contributed by atoms with Gasteiger partial charge in [0.25, 0.3) is 10.0 Å². The fraction of sp³-hybridized carbons (Fsp3) is 0.412. The first-order chi connectivity index (χ1) is 10.9. The molecular weight excluding hydrogens is 328 g/mol. The summed E-state index contributed by atoms with van der Waals surface area (Å²) < 4.78 is 27.2. The van der Waals surface area contributed by atoms with Gasteiger partial charge in [0, 0.05) is 31.9 Å². The lowest BCUT2D eigenvalue weighted by Gasteiger charge is -2.36. The summed E-state index contributed by atoms with van der Waals surface area (Å²) in [5.41, 5.74) is 5.04. The van der Waals surface area contributed by atoms with E-state index in [9.17, 15) is 8.42 Å². The molecule has 0 unspecified atom stereocenters. The molecule has 1 aromatic heterocycles. The van der Waals surface area contributed by atoms with E-state index in [1.165, 1.54) is 33.7 Å². The van der Waals surface area contributed by atoms with Crippen LogP contribution in [-0.2, 0) is 10.0 Å². The number of rotatable bonds is 3. The van der Waals surface area contributed by atoms with Gasteiger partial charge in [-0.1, -0.05) is 23.8 Å². The summed E-state index contributed by atoms with van der Waals surface area (Å²) in [5.74, 6) is 0. The van der Waals surface area contributed by atoms with E-state index in [2.05, 4.69) is 37.8 Å². The normalized spacial score (nSPS) is 16.7. The van der Waals surface area contributed by atoms with Crippen molar-refractivity contribution in [3.63, 3.8) is 0 Å². The van der Waals surface area contributed by atoms with Crippen molar-refractivity contribution >= 4 is 27.0 Å². The Morgan fingerprint density at radius 3 is 2.13 bits per heavy atom. The smallest absolute Gasteiger partial charge is 0.252 e. The molecule has 1 aliphatic heterocycles. The maximum atomic E-state index is 12.6. The van der Waals surface area contributed by atoms with Crippen LogP contribution in [0.3, 0.4) is 0 Å². The summed E-state index contributed by atoms with van der Waals surface area (Å²) in [6, 6.07) is 7.85. The topological polar surface area (TPSA) is 40.6 Å². The summed E-state index contributed by atoms with van der Waals surface area (Å²) in [6.45, 7) is 8.90. The van der Waals surface area contributed by atoms with Crippen LogP contribution in [0.2, 0.25) is 0 Å². The van der Waals surface area contributed by atoms with E-state index in [0.29, 0.717) is 17.3 Å². The van der Waals surface area contributed by atoms with Crippen LogP contribution in [0, 0.1) is 20.8 Å². The van der Waals surface area contributed by atoms with Gasteiger partial charge in [0.2, 0.25) is 0 Å². The van der Waals surface area contributed by atoms with Crippen LogP contribution in [0.25, 0.3) is 0 Å². The van der Waals surface area contributed by atoms with Gasteiger partial charge in [0.15, 0.2) is 0 Å². The average Bonchev–Trinajstić information content (AvgIpc) is 3.01. The molecule has 1 aliphatic rings. The lowest BCUT2D eigenvalue weighted by atomic mass is 10.0. The molecule has 0 N–H and O–H groups in total. The van der Waals surface area contributed by atoms with Gasteiger partial charge in [0.1, 0.15) is 4.21 Å². The summed E-state index contributed by atoms with van der Waals surface area (Å²) in [4.78, 5) is 2.31. The summed E-state index contributed by atoms with van der Waals surface area (Å²) in [7, 11) is -3.33. The fourth-order valence-corrected chi connectivity index (χ4v) is 5.93. The second-order valence-corrected chi connectivity index (χ2v) is 9.18. The van der Waals surface area contributed by atoms with Crippen molar-refractivity contribution in [2.24, 2.45) is 0 Å². The number of benzene rings is 1. The summed E-state index contributed by atoms with van der Waals surface area (Å²) in [6.07, 6.45) is 0. The first-order valence-corrected chi connectivity index (χ1v) is 10.1. The van der Waals surface area contributed by atoms with E-state index in [1.54, 1.807) is 16.4 Å². The standard InChI is InChI=1S/C17H22N2O2S2/c1-13-11-14(2)17(15(3)12-13)18-6-8-19(9-7-18)23(20,21)16-5-4-10-22-16/h4-5,10-12H,6-9H2,1-3H3. The number of aryl methyl sites for hydroxylation is 3. The zero-order chi connectivity index (χ0) is 16.6. The molecule has 0 aliphatic carbocycles. The van der Waals surface area contributed by atoms with Crippen LogP contribution in [-0.4, -0.2) is 38.9 Å². The number of thiophene rings is 1. The zero-order valence-corrected chi connectivity index (χ0v) is 15.4. The molecule has 0 bridgehead atoms. The Morgan fingerprint density at radius 1 is 1.00 bits per heavy atom. The van der Waals surface area contributed by atoms with Gasteiger partial charge >= 0.3 is 0 Å². The van der Waals surface area contributed by atoms with E-state index >= 15 is 0 Å². The molecule has 0 radical (unpaired) electrons. The molecule has 2 aromatic rings. The number of sulfonamides is 1. The molecule has 1 fully saturated rings. The molecule has 2 heterocycles. The highest BCUT2D eigenvalue weighted by Gasteiger charge is 2.29. The zero-order valence-electron chi connectivity index (χ0n) is 13.7. The van der Waals surface area contributed by atoms with E-state index in [4.69, 9.17) is 0 Å². The molecule has 4 nitrogen and oxygen atoms in total. The Bertz CT molecular complexity index is 767. The van der Waals surface area contributed by atoms with Crippen LogP contribution in [0.4, 0.5) is 5.69 Å². The SMILES string of the molecule is Cc1cc(C)c(N2CCN(S(=O)(=O)c3cccs3)CC2)c(C)c1. The third kappa shape index (κ3) is 3.16. The minimum Gasteiger partial charge on any atom is -0.368 e. The molecule has 6 heteroatoms. The Morgan fingerprint density at radius 2 is 1.61 bits per heavy atom. The highest BCUT2D eigenvalue weighted by atomic mass is 32.2. The van der Waals surface area contributed by atoms with Crippen LogP contribution < -0.4 is 4.90 Å². The quantitative estimate of drug-likeness (QED) is 0.854. The predicted octanol–water partition coefficient (Wildman–Crippen LogP) is 3.18. The van der Waals surface area contributed by atoms with Crippen molar-refractivity contribution in [1.82, 2.24) is 4.31 Å². The molecule has 124 valence electrons. The number of hydrogen-bond donors (Lipinski definition) is 0. The molecule has 0 atom stereocenters. The van der Waals surface area contributed by atoms with Gasteiger partial charge in [-0.2, -0.15) is 4.31 Å². The van der Waals surface area contributed by atoms with Crippen molar-refractivity contribution in [2.75, 3.05) is 31.1 Å². The van der Waals surface area contributed by atoms with Gasteiger partial charge in [-0.05, 0) is 43.3 Å². The number of piperazine rings is 1. The van der Waals surface area contributed by atoms with Gasteiger partial charge in [-0.3, -0.25) is 0 Å². The highest BCUT2D eigenvalue weighted by molar-refractivity contribution is 7.91. The van der Waals surface area contributed by atoms with Crippen molar-refractivity contribution in [3.8, 4) is 0 Å².